The maximum atomic E-state index is 13.8. The molecule has 2 rings (SSSR count). The Morgan fingerprint density at radius 1 is 1.09 bits per heavy atom. The van der Waals surface area contributed by atoms with Crippen LogP contribution in [0.2, 0.25) is 0 Å². The van der Waals surface area contributed by atoms with Gasteiger partial charge in [-0.25, -0.2) is 17.5 Å². The van der Waals surface area contributed by atoms with Crippen LogP contribution in [0.3, 0.4) is 0 Å². The van der Waals surface area contributed by atoms with E-state index in [1.165, 1.54) is 30.3 Å². The van der Waals surface area contributed by atoms with Gasteiger partial charge in [0.05, 0.1) is 17.0 Å². The lowest BCUT2D eigenvalue weighted by Gasteiger charge is -2.23. The molecule has 0 heterocycles. The summed E-state index contributed by atoms with van der Waals surface area (Å²) in [6.45, 7) is 1.72. The van der Waals surface area contributed by atoms with Gasteiger partial charge in [0.25, 0.3) is 0 Å². The van der Waals surface area contributed by atoms with Gasteiger partial charge in [0, 0.05) is 5.56 Å². The van der Waals surface area contributed by atoms with Gasteiger partial charge in [-0.2, -0.15) is 0 Å². The number of hydrogen-bond donors (Lipinski definition) is 2. The van der Waals surface area contributed by atoms with Crippen LogP contribution in [0.1, 0.15) is 25.0 Å². The molecule has 6 heteroatoms. The zero-order valence-corrected chi connectivity index (χ0v) is 12.9. The molecule has 0 bridgehead atoms. The maximum Gasteiger partial charge on any atom is 0.240 e. The summed E-state index contributed by atoms with van der Waals surface area (Å²) in [5, 5.41) is 10.3. The smallest absolute Gasteiger partial charge is 0.240 e. The average molecular weight is 323 g/mol. The molecule has 0 spiro atoms. The van der Waals surface area contributed by atoms with E-state index in [4.69, 9.17) is 0 Å². The Balaban J connectivity index is 2.24. The largest absolute Gasteiger partial charge is 0.387 e. The molecule has 2 atom stereocenters. The molecule has 0 saturated heterocycles. The van der Waals surface area contributed by atoms with Crippen molar-refractivity contribution in [2.45, 2.75) is 30.4 Å². The lowest BCUT2D eigenvalue weighted by atomic mass is 10.0. The summed E-state index contributed by atoms with van der Waals surface area (Å²) in [6, 6.07) is 12.8. The minimum atomic E-state index is -3.77. The predicted molar refractivity (Wildman–Crippen MR) is 82.2 cm³/mol. The minimum absolute atomic E-state index is 0.0742. The summed E-state index contributed by atoms with van der Waals surface area (Å²) >= 11 is 0. The Bertz CT molecular complexity index is 719. The quantitative estimate of drug-likeness (QED) is 0.859. The fraction of sp³-hybridized carbons (Fsp3) is 0.250. The van der Waals surface area contributed by atoms with Crippen LogP contribution in [0.5, 0.6) is 0 Å². The fourth-order valence-corrected chi connectivity index (χ4v) is 3.52. The molecule has 0 aromatic heterocycles. The van der Waals surface area contributed by atoms with Crippen LogP contribution in [-0.2, 0) is 10.0 Å². The van der Waals surface area contributed by atoms with Gasteiger partial charge in [-0.15, -0.1) is 0 Å². The number of halogens is 1. The summed E-state index contributed by atoms with van der Waals surface area (Å²) in [4.78, 5) is 0.106. The van der Waals surface area contributed by atoms with Gasteiger partial charge in [0.2, 0.25) is 10.0 Å². The van der Waals surface area contributed by atoms with Crippen molar-refractivity contribution in [2.24, 2.45) is 0 Å². The van der Waals surface area contributed by atoms with E-state index in [1.54, 1.807) is 31.2 Å². The number of sulfonamides is 1. The van der Waals surface area contributed by atoms with Crippen molar-refractivity contribution in [1.82, 2.24) is 4.72 Å². The summed E-state index contributed by atoms with van der Waals surface area (Å²) in [6.07, 6.45) is -0.939. The molecule has 2 aromatic rings. The first-order valence-corrected chi connectivity index (χ1v) is 8.44. The van der Waals surface area contributed by atoms with Crippen molar-refractivity contribution < 1.29 is 17.9 Å². The number of nitrogens with one attached hydrogen (secondary N) is 1. The lowest BCUT2D eigenvalue weighted by Crippen LogP contribution is -2.39. The SMILES string of the molecule is CCC(NS(=O)(=O)c1ccccc1)C(O)c1ccccc1F. The molecular weight excluding hydrogens is 305 g/mol. The van der Waals surface area contributed by atoms with Gasteiger partial charge < -0.3 is 5.11 Å². The zero-order chi connectivity index (χ0) is 16.2. The molecule has 118 valence electrons. The highest BCUT2D eigenvalue weighted by Crippen LogP contribution is 2.23. The maximum absolute atomic E-state index is 13.8. The molecule has 0 fully saturated rings. The summed E-state index contributed by atoms with van der Waals surface area (Å²) in [5.74, 6) is -0.563. The van der Waals surface area contributed by atoms with Crippen LogP contribution in [0, 0.1) is 5.82 Å². The lowest BCUT2D eigenvalue weighted by molar-refractivity contribution is 0.133. The number of aliphatic hydroxyl groups is 1. The monoisotopic (exact) mass is 323 g/mol. The van der Waals surface area contributed by atoms with Crippen LogP contribution < -0.4 is 4.72 Å². The molecule has 0 aliphatic carbocycles. The second-order valence-electron chi connectivity index (χ2n) is 4.92. The van der Waals surface area contributed by atoms with Crippen LogP contribution in [0.4, 0.5) is 4.39 Å². The van der Waals surface area contributed by atoms with E-state index in [0.29, 0.717) is 6.42 Å². The second kappa shape index (κ2) is 7.00. The van der Waals surface area contributed by atoms with Gasteiger partial charge in [-0.05, 0) is 24.6 Å². The van der Waals surface area contributed by atoms with E-state index < -0.39 is 28.0 Å². The Hall–Kier alpha value is -1.76. The highest BCUT2D eigenvalue weighted by molar-refractivity contribution is 7.89. The highest BCUT2D eigenvalue weighted by atomic mass is 32.2. The standard InChI is InChI=1S/C16H18FNO3S/c1-2-15(16(19)13-10-6-7-11-14(13)17)18-22(20,21)12-8-4-3-5-9-12/h3-11,15-16,18-19H,2H2,1H3. The fourth-order valence-electron chi connectivity index (χ4n) is 2.17. The zero-order valence-electron chi connectivity index (χ0n) is 12.1. The van der Waals surface area contributed by atoms with Gasteiger partial charge in [0.15, 0.2) is 0 Å². The molecule has 2 aromatic carbocycles. The van der Waals surface area contributed by atoms with Crippen LogP contribution in [0.15, 0.2) is 59.5 Å². The van der Waals surface area contributed by atoms with Crippen molar-refractivity contribution in [3.8, 4) is 0 Å². The van der Waals surface area contributed by atoms with Crippen LogP contribution in [0.25, 0.3) is 0 Å². The van der Waals surface area contributed by atoms with E-state index >= 15 is 0 Å². The highest BCUT2D eigenvalue weighted by Gasteiger charge is 2.27. The number of rotatable bonds is 6. The third-order valence-corrected chi connectivity index (χ3v) is 4.91. The van der Waals surface area contributed by atoms with Gasteiger partial charge >= 0.3 is 0 Å². The van der Waals surface area contributed by atoms with E-state index in [1.807, 2.05) is 0 Å². The van der Waals surface area contributed by atoms with E-state index in [0.717, 1.165) is 0 Å². The van der Waals surface area contributed by atoms with Crippen LogP contribution in [-0.4, -0.2) is 19.6 Å². The molecule has 2 unspecified atom stereocenters. The molecule has 2 N–H and O–H groups in total. The van der Waals surface area contributed by atoms with Crippen molar-refractivity contribution in [3.05, 3.63) is 66.0 Å². The van der Waals surface area contributed by atoms with E-state index in [9.17, 15) is 17.9 Å². The predicted octanol–water partition coefficient (Wildman–Crippen LogP) is 2.62. The first kappa shape index (κ1) is 16.6. The Morgan fingerprint density at radius 2 is 1.68 bits per heavy atom. The van der Waals surface area contributed by atoms with E-state index in [-0.39, 0.29) is 10.5 Å². The number of hydrogen-bond acceptors (Lipinski definition) is 3. The summed E-state index contributed by atoms with van der Waals surface area (Å²) in [5.41, 5.74) is 0.0742. The minimum Gasteiger partial charge on any atom is -0.387 e. The summed E-state index contributed by atoms with van der Waals surface area (Å²) < 4.78 is 40.8. The molecular formula is C16H18FNO3S. The molecule has 4 nitrogen and oxygen atoms in total. The van der Waals surface area contributed by atoms with Gasteiger partial charge in [0.1, 0.15) is 5.82 Å². The number of benzene rings is 2. The third-order valence-electron chi connectivity index (χ3n) is 3.40. The number of aliphatic hydroxyl groups excluding tert-OH is 1. The first-order chi connectivity index (χ1) is 10.5. The normalized spacial score (nSPS) is 14.5. The molecule has 0 amide bonds. The third kappa shape index (κ3) is 3.71. The van der Waals surface area contributed by atoms with Gasteiger partial charge in [-0.1, -0.05) is 43.3 Å². The molecule has 0 aliphatic heterocycles. The van der Waals surface area contributed by atoms with E-state index in [2.05, 4.69) is 4.72 Å². The summed E-state index contributed by atoms with van der Waals surface area (Å²) in [7, 11) is -3.77. The topological polar surface area (TPSA) is 66.4 Å². The average Bonchev–Trinajstić information content (AvgIpc) is 2.53. The Kier molecular flexibility index (Phi) is 5.28. The Morgan fingerprint density at radius 3 is 2.27 bits per heavy atom. The van der Waals surface area contributed by atoms with Gasteiger partial charge in [-0.3, -0.25) is 0 Å². The molecule has 0 aliphatic rings. The Labute approximate surface area is 129 Å². The van der Waals surface area contributed by atoms with Crippen molar-refractivity contribution in [1.29, 1.82) is 0 Å². The molecule has 0 saturated carbocycles. The first-order valence-electron chi connectivity index (χ1n) is 6.95. The second-order valence-corrected chi connectivity index (χ2v) is 6.63. The van der Waals surface area contributed by atoms with Crippen molar-refractivity contribution in [2.75, 3.05) is 0 Å². The molecule has 0 radical (unpaired) electrons. The van der Waals surface area contributed by atoms with Crippen LogP contribution >= 0.6 is 0 Å². The van der Waals surface area contributed by atoms with Crippen molar-refractivity contribution >= 4 is 10.0 Å². The molecule has 22 heavy (non-hydrogen) atoms. The van der Waals surface area contributed by atoms with Crippen molar-refractivity contribution in [3.63, 3.8) is 0 Å².